The summed E-state index contributed by atoms with van der Waals surface area (Å²) >= 11 is 0. The zero-order chi connectivity index (χ0) is 27.4. The summed E-state index contributed by atoms with van der Waals surface area (Å²) < 4.78 is 0. The Morgan fingerprint density at radius 2 is 1.53 bits per heavy atom. The third-order valence-electron chi connectivity index (χ3n) is 5.68. The number of carbonyl (C=O) groups excluding carboxylic acids is 4. The number of nitrogens with zero attached hydrogens (tertiary/aromatic N) is 2. The van der Waals surface area contributed by atoms with E-state index < -0.39 is 61.4 Å². The Kier molecular flexibility index (Phi) is 13.2. The lowest BCUT2D eigenvalue weighted by atomic mass is 10.0. The molecule has 0 radical (unpaired) electrons. The number of aliphatic carboxylic acids is 1. The van der Waals surface area contributed by atoms with E-state index in [-0.39, 0.29) is 37.6 Å². The van der Waals surface area contributed by atoms with Crippen LogP contribution in [0.25, 0.3) is 0 Å². The van der Waals surface area contributed by atoms with Gasteiger partial charge in [-0.25, -0.2) is 4.79 Å². The van der Waals surface area contributed by atoms with Gasteiger partial charge in [-0.05, 0) is 19.3 Å². The van der Waals surface area contributed by atoms with Crippen molar-refractivity contribution in [3.63, 3.8) is 0 Å². The molecule has 0 aromatic rings. The number of rotatable bonds is 17. The lowest BCUT2D eigenvalue weighted by molar-refractivity contribution is -0.143. The molecule has 0 saturated carbocycles. The molecule has 5 atom stereocenters. The first kappa shape index (κ1) is 31.1. The van der Waals surface area contributed by atoms with E-state index in [1.54, 1.807) is 0 Å². The number of nitrogens with one attached hydrogen (secondary N) is 1. The molecule has 4 amide bonds. The summed E-state index contributed by atoms with van der Waals surface area (Å²) in [6.45, 7) is -1.06. The van der Waals surface area contributed by atoms with Gasteiger partial charge in [0.25, 0.3) is 11.8 Å². The maximum Gasteiger partial charge on any atom is 0.326 e. The molecule has 1 aliphatic heterocycles. The monoisotopic (exact) mass is 517 g/mol. The van der Waals surface area contributed by atoms with Crippen LogP contribution in [0.1, 0.15) is 38.5 Å². The maximum absolute atomic E-state index is 12.3. The average molecular weight is 518 g/mol. The van der Waals surface area contributed by atoms with Crippen molar-refractivity contribution < 1.29 is 54.6 Å². The van der Waals surface area contributed by atoms with E-state index in [2.05, 4.69) is 5.32 Å². The van der Waals surface area contributed by atoms with Crippen LogP contribution in [-0.4, -0.2) is 127 Å². The van der Waals surface area contributed by atoms with Gasteiger partial charge in [0.1, 0.15) is 30.5 Å². The highest BCUT2D eigenvalue weighted by Crippen LogP contribution is 2.10. The van der Waals surface area contributed by atoms with Gasteiger partial charge in [-0.2, -0.15) is 0 Å². The van der Waals surface area contributed by atoms with E-state index in [1.165, 1.54) is 19.2 Å². The van der Waals surface area contributed by atoms with Gasteiger partial charge in [-0.1, -0.05) is 6.42 Å². The predicted octanol–water partition coefficient (Wildman–Crippen LogP) is -3.28. The quantitative estimate of drug-likeness (QED) is 0.0747. The molecule has 0 aliphatic carbocycles. The number of aliphatic hydroxyl groups is 5. The number of hydrogen-bond acceptors (Lipinski definition) is 10. The van der Waals surface area contributed by atoms with Crippen LogP contribution in [0, 0.1) is 0 Å². The standard InChI is InChI=1S/C22H35N3O11/c1-24(11-14(27)20(33)21(34)15(28)12-26)17(30)7-6-13(22(35)36)23-16(29)5-3-2-4-10-25-18(31)8-9-19(25)32/h8-9,13-15,20-21,26-28,33-34H,2-7,10-12H2,1H3,(H,23,29)(H,35,36)/t13-,14-,15+,20?,21+/m0/s1. The van der Waals surface area contributed by atoms with Crippen LogP contribution in [0.2, 0.25) is 0 Å². The van der Waals surface area contributed by atoms with Gasteiger partial charge < -0.3 is 40.9 Å². The van der Waals surface area contributed by atoms with Crippen LogP contribution in [0.15, 0.2) is 12.2 Å². The Morgan fingerprint density at radius 3 is 2.08 bits per heavy atom. The van der Waals surface area contributed by atoms with Crippen molar-refractivity contribution in [2.24, 2.45) is 0 Å². The molecule has 14 nitrogen and oxygen atoms in total. The number of unbranched alkanes of at least 4 members (excludes halogenated alkanes) is 2. The third-order valence-corrected chi connectivity index (χ3v) is 5.68. The Balaban J connectivity index is 2.38. The number of likely N-dealkylation sites (N-methyl/N-ethyl adjacent to an activating group) is 1. The molecule has 1 aliphatic rings. The largest absolute Gasteiger partial charge is 0.480 e. The van der Waals surface area contributed by atoms with Gasteiger partial charge in [0.15, 0.2) is 0 Å². The molecule has 36 heavy (non-hydrogen) atoms. The fourth-order valence-corrected chi connectivity index (χ4v) is 3.42. The molecule has 1 unspecified atom stereocenters. The number of amides is 4. The number of carbonyl (C=O) groups is 5. The second-order valence-corrected chi connectivity index (χ2v) is 8.54. The van der Waals surface area contributed by atoms with Crippen molar-refractivity contribution in [1.29, 1.82) is 0 Å². The average Bonchev–Trinajstić information content (AvgIpc) is 3.16. The van der Waals surface area contributed by atoms with E-state index in [0.29, 0.717) is 19.3 Å². The number of hydrogen-bond donors (Lipinski definition) is 7. The topological polar surface area (TPSA) is 225 Å². The second kappa shape index (κ2) is 15.3. The molecule has 204 valence electrons. The molecular weight excluding hydrogens is 482 g/mol. The third kappa shape index (κ3) is 9.99. The highest BCUT2D eigenvalue weighted by atomic mass is 16.4. The summed E-state index contributed by atoms with van der Waals surface area (Å²) in [5.74, 6) is -3.24. The predicted molar refractivity (Wildman–Crippen MR) is 122 cm³/mol. The van der Waals surface area contributed by atoms with Crippen LogP contribution in [-0.2, 0) is 24.0 Å². The van der Waals surface area contributed by atoms with E-state index in [1.807, 2.05) is 0 Å². The lowest BCUT2D eigenvalue weighted by Gasteiger charge is -2.28. The van der Waals surface area contributed by atoms with Crippen LogP contribution >= 0.6 is 0 Å². The van der Waals surface area contributed by atoms with Crippen molar-refractivity contribution in [3.05, 3.63) is 12.2 Å². The first-order valence-corrected chi connectivity index (χ1v) is 11.5. The Morgan fingerprint density at radius 1 is 0.944 bits per heavy atom. The number of carboxylic acids is 1. The number of carboxylic acid groups (broad SMARTS) is 1. The Bertz CT molecular complexity index is 801. The summed E-state index contributed by atoms with van der Waals surface area (Å²) in [6, 6.07) is -1.34. The molecule has 0 fully saturated rings. The minimum Gasteiger partial charge on any atom is -0.480 e. The van der Waals surface area contributed by atoms with E-state index >= 15 is 0 Å². The molecule has 0 aromatic carbocycles. The SMILES string of the molecule is CN(C[C@H](O)C(O)[C@H](O)[C@H](O)CO)C(=O)CC[C@H](NC(=O)CCCCCN1C(=O)C=CC1=O)C(=O)O. The van der Waals surface area contributed by atoms with Crippen molar-refractivity contribution in [3.8, 4) is 0 Å². The molecule has 1 heterocycles. The van der Waals surface area contributed by atoms with Gasteiger partial charge in [0.2, 0.25) is 11.8 Å². The van der Waals surface area contributed by atoms with Gasteiger partial charge in [-0.15, -0.1) is 0 Å². The normalized spacial score (nSPS) is 17.4. The number of imide groups is 1. The minimum absolute atomic E-state index is 0.0177. The van der Waals surface area contributed by atoms with Crippen molar-refractivity contribution in [1.82, 2.24) is 15.1 Å². The molecule has 0 spiro atoms. The Hall–Kier alpha value is -2.91. The highest BCUT2D eigenvalue weighted by Gasteiger charge is 2.31. The van der Waals surface area contributed by atoms with Gasteiger partial charge >= 0.3 is 5.97 Å². The summed E-state index contributed by atoms with van der Waals surface area (Å²) in [7, 11) is 1.28. The van der Waals surface area contributed by atoms with Gasteiger partial charge in [-0.3, -0.25) is 24.1 Å². The molecule has 0 saturated heterocycles. The fraction of sp³-hybridized carbons (Fsp3) is 0.682. The zero-order valence-electron chi connectivity index (χ0n) is 20.0. The van der Waals surface area contributed by atoms with E-state index in [9.17, 15) is 49.5 Å². The van der Waals surface area contributed by atoms with Crippen LogP contribution in [0.3, 0.4) is 0 Å². The first-order chi connectivity index (χ1) is 16.9. The lowest BCUT2D eigenvalue weighted by Crippen LogP contribution is -2.50. The van der Waals surface area contributed by atoms with Crippen molar-refractivity contribution >= 4 is 29.6 Å². The molecule has 0 bridgehead atoms. The van der Waals surface area contributed by atoms with E-state index in [4.69, 9.17) is 5.11 Å². The van der Waals surface area contributed by atoms with Crippen LogP contribution in [0.4, 0.5) is 0 Å². The maximum atomic E-state index is 12.3. The van der Waals surface area contributed by atoms with Crippen LogP contribution < -0.4 is 5.32 Å². The number of aliphatic hydroxyl groups excluding tert-OH is 5. The Labute approximate surface area is 207 Å². The summed E-state index contributed by atoms with van der Waals surface area (Å²) in [4.78, 5) is 60.9. The van der Waals surface area contributed by atoms with Gasteiger partial charge in [0, 0.05) is 45.1 Å². The van der Waals surface area contributed by atoms with Gasteiger partial charge in [0.05, 0.1) is 6.61 Å². The van der Waals surface area contributed by atoms with Crippen molar-refractivity contribution in [2.75, 3.05) is 26.7 Å². The van der Waals surface area contributed by atoms with Crippen LogP contribution in [0.5, 0.6) is 0 Å². The second-order valence-electron chi connectivity index (χ2n) is 8.54. The molecule has 7 N–H and O–H groups in total. The zero-order valence-corrected chi connectivity index (χ0v) is 20.0. The first-order valence-electron chi connectivity index (χ1n) is 11.5. The smallest absolute Gasteiger partial charge is 0.326 e. The molecular formula is C22H35N3O11. The molecule has 1 rings (SSSR count). The summed E-state index contributed by atoms with van der Waals surface area (Å²) in [6.07, 6.45) is -3.75. The van der Waals surface area contributed by atoms with E-state index in [0.717, 1.165) is 9.80 Å². The molecule has 14 heteroatoms. The fourth-order valence-electron chi connectivity index (χ4n) is 3.42. The molecule has 0 aromatic heterocycles. The van der Waals surface area contributed by atoms with Crippen molar-refractivity contribution in [2.45, 2.75) is 69.0 Å². The highest BCUT2D eigenvalue weighted by molar-refractivity contribution is 6.12. The summed E-state index contributed by atoms with van der Waals surface area (Å²) in [5, 5.41) is 59.2. The minimum atomic E-state index is -1.85. The summed E-state index contributed by atoms with van der Waals surface area (Å²) in [5.41, 5.74) is 0.